The summed E-state index contributed by atoms with van der Waals surface area (Å²) in [6.45, 7) is 6.62. The molecule has 138 valence electrons. The van der Waals surface area contributed by atoms with E-state index in [1.807, 2.05) is 32.0 Å². The molecule has 2 atom stereocenters. The predicted molar refractivity (Wildman–Crippen MR) is 100 cm³/mol. The molecule has 0 spiro atoms. The Bertz CT molecular complexity index is 808. The van der Waals surface area contributed by atoms with Gasteiger partial charge in [0.1, 0.15) is 19.0 Å². The fourth-order valence-corrected chi connectivity index (χ4v) is 2.96. The zero-order valence-electron chi connectivity index (χ0n) is 15.0. The van der Waals surface area contributed by atoms with E-state index in [1.165, 1.54) is 0 Å². The van der Waals surface area contributed by atoms with E-state index in [0.717, 1.165) is 16.9 Å². The number of fused-ring (bicyclic) bond motifs is 1. The van der Waals surface area contributed by atoms with Crippen molar-refractivity contribution in [3.05, 3.63) is 52.5 Å². The van der Waals surface area contributed by atoms with Crippen molar-refractivity contribution in [1.29, 1.82) is 0 Å². The third-order valence-electron chi connectivity index (χ3n) is 4.23. The van der Waals surface area contributed by atoms with Crippen molar-refractivity contribution in [2.24, 2.45) is 0 Å². The van der Waals surface area contributed by atoms with Crippen LogP contribution in [-0.4, -0.2) is 25.2 Å². The fraction of sp³-hybridized carbons (Fsp3) is 0.350. The molecule has 0 saturated carbocycles. The van der Waals surface area contributed by atoms with Crippen molar-refractivity contribution in [1.82, 2.24) is 5.32 Å². The SMILES string of the molecule is Cc1cc(Cl)ccc1OC(C)C(=O)NC(C)c1ccc2c(c1)OCCO2. The Labute approximate surface area is 158 Å². The molecular weight excluding hydrogens is 354 g/mol. The third kappa shape index (κ3) is 4.22. The molecule has 0 bridgehead atoms. The first-order valence-corrected chi connectivity index (χ1v) is 8.94. The van der Waals surface area contributed by atoms with E-state index in [-0.39, 0.29) is 11.9 Å². The molecule has 1 aliphatic heterocycles. The highest BCUT2D eigenvalue weighted by atomic mass is 35.5. The number of rotatable bonds is 5. The highest BCUT2D eigenvalue weighted by Crippen LogP contribution is 2.32. The summed E-state index contributed by atoms with van der Waals surface area (Å²) in [5.74, 6) is 1.88. The van der Waals surface area contributed by atoms with Gasteiger partial charge in [0.25, 0.3) is 5.91 Å². The van der Waals surface area contributed by atoms with E-state index in [1.54, 1.807) is 25.1 Å². The Morgan fingerprint density at radius 3 is 2.58 bits per heavy atom. The molecule has 1 heterocycles. The van der Waals surface area contributed by atoms with E-state index in [4.69, 9.17) is 25.8 Å². The van der Waals surface area contributed by atoms with Crippen molar-refractivity contribution in [2.75, 3.05) is 13.2 Å². The number of ether oxygens (including phenoxy) is 3. The van der Waals surface area contributed by atoms with Crippen LogP contribution in [0.5, 0.6) is 17.2 Å². The van der Waals surface area contributed by atoms with Crippen LogP contribution in [0.15, 0.2) is 36.4 Å². The molecule has 0 fully saturated rings. The number of carbonyl (C=O) groups is 1. The van der Waals surface area contributed by atoms with Crippen LogP contribution < -0.4 is 19.5 Å². The molecule has 1 N–H and O–H groups in total. The standard InChI is InChI=1S/C20H22ClNO4/c1-12-10-16(21)5-7-17(12)26-14(3)20(23)22-13(2)15-4-6-18-19(11-15)25-9-8-24-18/h4-7,10-11,13-14H,8-9H2,1-3H3,(H,22,23). The van der Waals surface area contributed by atoms with Crippen LogP contribution in [0.4, 0.5) is 0 Å². The molecule has 5 nitrogen and oxygen atoms in total. The Balaban J connectivity index is 1.63. The highest BCUT2D eigenvalue weighted by Gasteiger charge is 2.20. The summed E-state index contributed by atoms with van der Waals surface area (Å²) in [7, 11) is 0. The van der Waals surface area contributed by atoms with Gasteiger partial charge in [-0.2, -0.15) is 0 Å². The van der Waals surface area contributed by atoms with E-state index >= 15 is 0 Å². The molecule has 1 amide bonds. The van der Waals surface area contributed by atoms with Gasteiger partial charge in [0.2, 0.25) is 0 Å². The zero-order chi connectivity index (χ0) is 18.7. The normalized spacial score (nSPS) is 15.1. The Morgan fingerprint density at radius 2 is 1.85 bits per heavy atom. The lowest BCUT2D eigenvalue weighted by Crippen LogP contribution is -2.37. The number of carbonyl (C=O) groups excluding carboxylic acids is 1. The lowest BCUT2D eigenvalue weighted by molar-refractivity contribution is -0.127. The maximum absolute atomic E-state index is 12.5. The number of aryl methyl sites for hydroxylation is 1. The second-order valence-electron chi connectivity index (χ2n) is 6.30. The van der Waals surface area contributed by atoms with Crippen LogP contribution in [0.25, 0.3) is 0 Å². The van der Waals surface area contributed by atoms with Crippen molar-refractivity contribution in [3.63, 3.8) is 0 Å². The third-order valence-corrected chi connectivity index (χ3v) is 4.47. The van der Waals surface area contributed by atoms with Gasteiger partial charge in [-0.3, -0.25) is 4.79 Å². The molecule has 6 heteroatoms. The summed E-state index contributed by atoms with van der Waals surface area (Å²) < 4.78 is 16.9. The molecule has 2 aromatic rings. The van der Waals surface area contributed by atoms with E-state index in [2.05, 4.69) is 5.32 Å². The summed E-state index contributed by atoms with van der Waals surface area (Å²) in [5, 5.41) is 3.61. The molecule has 1 aliphatic rings. The van der Waals surface area contributed by atoms with Crippen LogP contribution >= 0.6 is 11.6 Å². The van der Waals surface area contributed by atoms with Gasteiger partial charge in [0.15, 0.2) is 17.6 Å². The quantitative estimate of drug-likeness (QED) is 0.856. The van der Waals surface area contributed by atoms with Crippen LogP contribution in [-0.2, 0) is 4.79 Å². The molecule has 0 aromatic heterocycles. The smallest absolute Gasteiger partial charge is 0.261 e. The second-order valence-corrected chi connectivity index (χ2v) is 6.74. The Morgan fingerprint density at radius 1 is 1.12 bits per heavy atom. The lowest BCUT2D eigenvalue weighted by Gasteiger charge is -2.22. The van der Waals surface area contributed by atoms with Crippen molar-refractivity contribution in [2.45, 2.75) is 32.9 Å². The largest absolute Gasteiger partial charge is 0.486 e. The molecular formula is C20H22ClNO4. The molecule has 0 saturated heterocycles. The fourth-order valence-electron chi connectivity index (χ4n) is 2.73. The van der Waals surface area contributed by atoms with Gasteiger partial charge in [0.05, 0.1) is 6.04 Å². The minimum absolute atomic E-state index is 0.185. The average Bonchev–Trinajstić information content (AvgIpc) is 2.63. The molecule has 26 heavy (non-hydrogen) atoms. The molecule has 0 radical (unpaired) electrons. The average molecular weight is 376 g/mol. The first kappa shape index (κ1) is 18.4. The maximum atomic E-state index is 12.5. The number of amides is 1. The first-order chi connectivity index (χ1) is 12.4. The predicted octanol–water partition coefficient (Wildman–Crippen LogP) is 4.06. The number of halogens is 1. The number of hydrogen-bond acceptors (Lipinski definition) is 4. The number of nitrogens with one attached hydrogen (secondary N) is 1. The monoisotopic (exact) mass is 375 g/mol. The first-order valence-electron chi connectivity index (χ1n) is 8.57. The van der Waals surface area contributed by atoms with E-state index < -0.39 is 6.10 Å². The molecule has 3 rings (SSSR count). The summed E-state index contributed by atoms with van der Waals surface area (Å²) in [6.07, 6.45) is -0.630. The lowest BCUT2D eigenvalue weighted by atomic mass is 10.1. The highest BCUT2D eigenvalue weighted by molar-refractivity contribution is 6.30. The Hall–Kier alpha value is -2.40. The van der Waals surface area contributed by atoms with Crippen LogP contribution in [0.1, 0.15) is 31.0 Å². The number of benzene rings is 2. The van der Waals surface area contributed by atoms with Gasteiger partial charge < -0.3 is 19.5 Å². The molecule has 2 aromatic carbocycles. The summed E-state index contributed by atoms with van der Waals surface area (Å²) in [4.78, 5) is 12.5. The van der Waals surface area contributed by atoms with E-state index in [9.17, 15) is 4.79 Å². The topological polar surface area (TPSA) is 56.8 Å². The summed E-state index contributed by atoms with van der Waals surface area (Å²) >= 11 is 5.95. The maximum Gasteiger partial charge on any atom is 0.261 e. The van der Waals surface area contributed by atoms with Gasteiger partial charge in [-0.05, 0) is 62.2 Å². The van der Waals surface area contributed by atoms with E-state index in [0.29, 0.717) is 29.7 Å². The van der Waals surface area contributed by atoms with Crippen LogP contribution in [0.3, 0.4) is 0 Å². The summed E-state index contributed by atoms with van der Waals surface area (Å²) in [6, 6.07) is 10.8. The van der Waals surface area contributed by atoms with Crippen molar-refractivity contribution >= 4 is 17.5 Å². The van der Waals surface area contributed by atoms with Crippen molar-refractivity contribution < 1.29 is 19.0 Å². The van der Waals surface area contributed by atoms with Gasteiger partial charge in [-0.1, -0.05) is 17.7 Å². The summed E-state index contributed by atoms with van der Waals surface area (Å²) in [5.41, 5.74) is 1.83. The molecule has 2 unspecified atom stereocenters. The molecule has 0 aliphatic carbocycles. The number of hydrogen-bond donors (Lipinski definition) is 1. The van der Waals surface area contributed by atoms with Gasteiger partial charge in [-0.15, -0.1) is 0 Å². The van der Waals surface area contributed by atoms with Crippen LogP contribution in [0.2, 0.25) is 5.02 Å². The van der Waals surface area contributed by atoms with Gasteiger partial charge >= 0.3 is 0 Å². The minimum atomic E-state index is -0.630. The Kier molecular flexibility index (Phi) is 5.57. The van der Waals surface area contributed by atoms with Gasteiger partial charge in [0, 0.05) is 5.02 Å². The van der Waals surface area contributed by atoms with Crippen molar-refractivity contribution in [3.8, 4) is 17.2 Å². The zero-order valence-corrected chi connectivity index (χ0v) is 15.8. The van der Waals surface area contributed by atoms with Crippen LogP contribution in [0, 0.1) is 6.92 Å². The minimum Gasteiger partial charge on any atom is -0.486 e. The second kappa shape index (κ2) is 7.87. The van der Waals surface area contributed by atoms with Gasteiger partial charge in [-0.25, -0.2) is 0 Å².